The van der Waals surface area contributed by atoms with Crippen molar-refractivity contribution in [3.8, 4) is 0 Å². The Hall–Kier alpha value is -0.630. The van der Waals surface area contributed by atoms with Crippen molar-refractivity contribution in [3.63, 3.8) is 0 Å². The normalized spacial score (nSPS) is 12.3. The van der Waals surface area contributed by atoms with E-state index >= 15 is 0 Å². The fourth-order valence-electron chi connectivity index (χ4n) is 1.42. The smallest absolute Gasteiger partial charge is 0.241 e. The van der Waals surface area contributed by atoms with Gasteiger partial charge in [-0.3, -0.25) is 0 Å². The monoisotopic (exact) mass is 349 g/mol. The molecule has 0 aliphatic heterocycles. The minimum Gasteiger partial charge on any atom is -0.399 e. The first-order chi connectivity index (χ1) is 8.74. The second-order valence-corrected chi connectivity index (χ2v) is 7.25. The van der Waals surface area contributed by atoms with Gasteiger partial charge in [-0.05, 0) is 55.0 Å². The number of nitrogens with one attached hydrogen (secondary N) is 1. The van der Waals surface area contributed by atoms with Crippen LogP contribution in [0.5, 0.6) is 0 Å². The minimum absolute atomic E-state index is 0.166. The number of hydrogen-bond acceptors (Lipinski definition) is 4. The van der Waals surface area contributed by atoms with Crippen LogP contribution in [0.3, 0.4) is 0 Å². The van der Waals surface area contributed by atoms with Gasteiger partial charge in [0.25, 0.3) is 0 Å². The van der Waals surface area contributed by atoms with E-state index in [1.54, 1.807) is 12.1 Å². The van der Waals surface area contributed by atoms with Crippen molar-refractivity contribution in [2.45, 2.75) is 24.8 Å². The summed E-state index contributed by atoms with van der Waals surface area (Å²) in [5, 5.41) is 0. The molecular formula is C12H20BrN3O2S. The number of anilines is 1. The first kappa shape index (κ1) is 16.4. The lowest BCUT2D eigenvalue weighted by Gasteiger charge is -2.21. The third-order valence-electron chi connectivity index (χ3n) is 2.88. The number of nitrogen functional groups attached to an aromatic ring is 1. The predicted molar refractivity (Wildman–Crippen MR) is 81.5 cm³/mol. The molecular weight excluding hydrogens is 330 g/mol. The SMILES string of the molecule is CC(C)N(C)CCNS(=O)(=O)c1cc(N)ccc1Br. The van der Waals surface area contributed by atoms with Gasteiger partial charge in [0.1, 0.15) is 0 Å². The summed E-state index contributed by atoms with van der Waals surface area (Å²) in [5.74, 6) is 0. The molecule has 0 saturated heterocycles. The molecule has 0 unspecified atom stereocenters. The molecule has 108 valence electrons. The molecule has 19 heavy (non-hydrogen) atoms. The Labute approximate surface area is 123 Å². The maximum atomic E-state index is 12.1. The number of hydrogen-bond donors (Lipinski definition) is 2. The van der Waals surface area contributed by atoms with Gasteiger partial charge in [0, 0.05) is 29.3 Å². The molecule has 0 aromatic heterocycles. The van der Waals surface area contributed by atoms with E-state index in [4.69, 9.17) is 5.73 Å². The molecule has 3 N–H and O–H groups in total. The molecule has 0 bridgehead atoms. The highest BCUT2D eigenvalue weighted by atomic mass is 79.9. The van der Waals surface area contributed by atoms with Crippen LogP contribution in [0.15, 0.2) is 27.6 Å². The standard InChI is InChI=1S/C12H20BrN3O2S/c1-9(2)16(3)7-6-15-19(17,18)12-8-10(14)4-5-11(12)13/h4-5,8-9,15H,6-7,14H2,1-3H3. The van der Waals surface area contributed by atoms with Crippen molar-refractivity contribution in [3.05, 3.63) is 22.7 Å². The highest BCUT2D eigenvalue weighted by Crippen LogP contribution is 2.23. The fraction of sp³-hybridized carbons (Fsp3) is 0.500. The zero-order chi connectivity index (χ0) is 14.6. The van der Waals surface area contributed by atoms with Crippen LogP contribution in [-0.4, -0.2) is 39.5 Å². The van der Waals surface area contributed by atoms with Gasteiger partial charge in [0.2, 0.25) is 10.0 Å². The lowest BCUT2D eigenvalue weighted by Crippen LogP contribution is -2.36. The van der Waals surface area contributed by atoms with Crippen molar-refractivity contribution in [1.82, 2.24) is 9.62 Å². The molecule has 1 rings (SSSR count). The van der Waals surface area contributed by atoms with Crippen LogP contribution in [0, 0.1) is 0 Å². The van der Waals surface area contributed by atoms with Crippen molar-refractivity contribution in [2.24, 2.45) is 0 Å². The number of likely N-dealkylation sites (N-methyl/N-ethyl adjacent to an activating group) is 1. The predicted octanol–water partition coefficient (Wildman–Crippen LogP) is 1.65. The van der Waals surface area contributed by atoms with Gasteiger partial charge in [-0.15, -0.1) is 0 Å². The van der Waals surface area contributed by atoms with E-state index in [2.05, 4.69) is 39.4 Å². The van der Waals surface area contributed by atoms with Gasteiger partial charge in [0.05, 0.1) is 4.90 Å². The number of nitrogens with two attached hydrogens (primary N) is 1. The van der Waals surface area contributed by atoms with E-state index in [9.17, 15) is 8.42 Å². The van der Waals surface area contributed by atoms with E-state index in [1.165, 1.54) is 6.07 Å². The number of halogens is 1. The molecule has 0 spiro atoms. The highest BCUT2D eigenvalue weighted by molar-refractivity contribution is 9.10. The topological polar surface area (TPSA) is 75.4 Å². The third-order valence-corrected chi connectivity index (χ3v) is 5.34. The molecule has 0 radical (unpaired) electrons. The summed E-state index contributed by atoms with van der Waals surface area (Å²) >= 11 is 3.23. The van der Waals surface area contributed by atoms with Gasteiger partial charge in [-0.25, -0.2) is 13.1 Å². The lowest BCUT2D eigenvalue weighted by atomic mass is 10.3. The molecule has 0 aliphatic carbocycles. The number of rotatable bonds is 6. The van der Waals surface area contributed by atoms with Crippen LogP contribution in [-0.2, 0) is 10.0 Å². The van der Waals surface area contributed by atoms with Crippen molar-refractivity contribution in [2.75, 3.05) is 25.9 Å². The minimum atomic E-state index is -3.54. The molecule has 0 atom stereocenters. The van der Waals surface area contributed by atoms with Gasteiger partial charge in [0.15, 0.2) is 0 Å². The molecule has 5 nitrogen and oxygen atoms in total. The summed E-state index contributed by atoms with van der Waals surface area (Å²) in [4.78, 5) is 2.23. The Kier molecular flexibility index (Phi) is 5.79. The van der Waals surface area contributed by atoms with Crippen molar-refractivity contribution >= 4 is 31.6 Å². The molecule has 0 fully saturated rings. The number of nitrogens with zero attached hydrogens (tertiary/aromatic N) is 1. The second-order valence-electron chi connectivity index (χ2n) is 4.66. The van der Waals surface area contributed by atoms with E-state index in [-0.39, 0.29) is 4.90 Å². The molecule has 1 aromatic rings. The Balaban J connectivity index is 2.74. The summed E-state index contributed by atoms with van der Waals surface area (Å²) in [6.45, 7) is 5.13. The summed E-state index contributed by atoms with van der Waals surface area (Å²) in [7, 11) is -1.58. The lowest BCUT2D eigenvalue weighted by molar-refractivity contribution is 0.278. The van der Waals surface area contributed by atoms with Gasteiger partial charge < -0.3 is 10.6 Å². The molecule has 0 saturated carbocycles. The van der Waals surface area contributed by atoms with Crippen LogP contribution in [0.4, 0.5) is 5.69 Å². The largest absolute Gasteiger partial charge is 0.399 e. The Morgan fingerprint density at radius 1 is 1.42 bits per heavy atom. The molecule has 7 heteroatoms. The van der Waals surface area contributed by atoms with E-state index < -0.39 is 10.0 Å². The maximum absolute atomic E-state index is 12.1. The summed E-state index contributed by atoms with van der Waals surface area (Å²) in [5.41, 5.74) is 6.04. The fourth-order valence-corrected chi connectivity index (χ4v) is 3.44. The molecule has 1 aromatic carbocycles. The summed E-state index contributed by atoms with van der Waals surface area (Å²) in [6, 6.07) is 5.10. The molecule has 0 aliphatic rings. The zero-order valence-electron chi connectivity index (χ0n) is 11.4. The molecule has 0 heterocycles. The maximum Gasteiger partial charge on any atom is 0.241 e. The summed E-state index contributed by atoms with van der Waals surface area (Å²) in [6.07, 6.45) is 0. The number of benzene rings is 1. The van der Waals surface area contributed by atoms with Gasteiger partial charge in [-0.1, -0.05) is 0 Å². The Bertz CT molecular complexity index is 532. The van der Waals surface area contributed by atoms with Crippen molar-refractivity contribution < 1.29 is 8.42 Å². The van der Waals surface area contributed by atoms with Crippen LogP contribution < -0.4 is 10.5 Å². The van der Waals surface area contributed by atoms with Crippen LogP contribution in [0.1, 0.15) is 13.8 Å². The molecule has 0 amide bonds. The van der Waals surface area contributed by atoms with Crippen molar-refractivity contribution in [1.29, 1.82) is 0 Å². The average molecular weight is 350 g/mol. The van der Waals surface area contributed by atoms with E-state index in [0.717, 1.165) is 0 Å². The second kappa shape index (κ2) is 6.69. The number of sulfonamides is 1. The van der Waals surface area contributed by atoms with Crippen LogP contribution >= 0.6 is 15.9 Å². The highest BCUT2D eigenvalue weighted by Gasteiger charge is 2.17. The zero-order valence-corrected chi connectivity index (χ0v) is 13.8. The van der Waals surface area contributed by atoms with Crippen LogP contribution in [0.25, 0.3) is 0 Å². The Morgan fingerprint density at radius 3 is 2.63 bits per heavy atom. The first-order valence-corrected chi connectivity index (χ1v) is 8.26. The van der Waals surface area contributed by atoms with Crippen LogP contribution in [0.2, 0.25) is 0 Å². The van der Waals surface area contributed by atoms with Gasteiger partial charge in [-0.2, -0.15) is 0 Å². The van der Waals surface area contributed by atoms with E-state index in [0.29, 0.717) is 29.3 Å². The van der Waals surface area contributed by atoms with Gasteiger partial charge >= 0.3 is 0 Å². The Morgan fingerprint density at radius 2 is 2.05 bits per heavy atom. The summed E-state index contributed by atoms with van der Waals surface area (Å²) < 4.78 is 27.4. The first-order valence-electron chi connectivity index (χ1n) is 5.99. The average Bonchev–Trinajstić information content (AvgIpc) is 2.31. The van der Waals surface area contributed by atoms with E-state index in [1.807, 2.05) is 7.05 Å². The third kappa shape index (κ3) is 4.76. The quantitative estimate of drug-likeness (QED) is 0.765.